The van der Waals surface area contributed by atoms with Crippen LogP contribution in [0, 0.1) is 0 Å². The van der Waals surface area contributed by atoms with Gasteiger partial charge < -0.3 is 16.2 Å². The van der Waals surface area contributed by atoms with Crippen molar-refractivity contribution >= 4 is 5.97 Å². The van der Waals surface area contributed by atoms with Crippen molar-refractivity contribution in [2.45, 2.75) is 24.8 Å². The molecule has 4 nitrogen and oxygen atoms in total. The third-order valence-corrected chi connectivity index (χ3v) is 3.45. The third-order valence-electron chi connectivity index (χ3n) is 3.45. The Morgan fingerprint density at radius 3 is 2.76 bits per heavy atom. The Labute approximate surface area is 101 Å². The first-order chi connectivity index (χ1) is 8.18. The number of hydrogen-bond acceptors (Lipinski definition) is 3. The Kier molecular flexibility index (Phi) is 3.45. The molecular formula is C13H18N2O2. The molecule has 17 heavy (non-hydrogen) atoms. The predicted molar refractivity (Wildman–Crippen MR) is 65.9 cm³/mol. The van der Waals surface area contributed by atoms with Gasteiger partial charge in [0, 0.05) is 19.5 Å². The molecule has 1 unspecified atom stereocenters. The minimum atomic E-state index is -0.840. The van der Waals surface area contributed by atoms with Gasteiger partial charge in [-0.15, -0.1) is 0 Å². The first-order valence-corrected chi connectivity index (χ1v) is 5.93. The number of hydrogen-bond donors (Lipinski definition) is 3. The lowest BCUT2D eigenvalue weighted by Gasteiger charge is -2.35. The number of benzene rings is 1. The van der Waals surface area contributed by atoms with Crippen molar-refractivity contribution < 1.29 is 9.90 Å². The van der Waals surface area contributed by atoms with E-state index < -0.39 is 11.5 Å². The first-order valence-electron chi connectivity index (χ1n) is 5.93. The average molecular weight is 234 g/mol. The summed E-state index contributed by atoms with van der Waals surface area (Å²) in [5.74, 6) is -0.777. The highest BCUT2D eigenvalue weighted by molar-refractivity contribution is 5.80. The van der Waals surface area contributed by atoms with E-state index in [1.54, 1.807) is 0 Å². The van der Waals surface area contributed by atoms with Gasteiger partial charge in [-0.1, -0.05) is 24.3 Å². The van der Waals surface area contributed by atoms with Crippen molar-refractivity contribution in [2.24, 2.45) is 5.73 Å². The molecule has 1 aromatic rings. The van der Waals surface area contributed by atoms with Gasteiger partial charge in [-0.3, -0.25) is 4.79 Å². The molecule has 0 aromatic heterocycles. The number of nitrogens with one attached hydrogen (secondary N) is 1. The summed E-state index contributed by atoms with van der Waals surface area (Å²) < 4.78 is 0. The summed E-state index contributed by atoms with van der Waals surface area (Å²) in [6.07, 6.45) is 1.97. The first kappa shape index (κ1) is 12.1. The van der Waals surface area contributed by atoms with E-state index in [4.69, 9.17) is 5.73 Å². The van der Waals surface area contributed by atoms with Crippen LogP contribution in [-0.2, 0) is 17.6 Å². The lowest BCUT2D eigenvalue weighted by atomic mass is 9.78. The van der Waals surface area contributed by atoms with E-state index in [2.05, 4.69) is 11.4 Å². The molecule has 0 radical (unpaired) electrons. The molecule has 0 amide bonds. The lowest BCUT2D eigenvalue weighted by molar-refractivity contribution is -0.145. The summed E-state index contributed by atoms with van der Waals surface area (Å²) in [5.41, 5.74) is 7.00. The quantitative estimate of drug-likeness (QED) is 0.711. The van der Waals surface area contributed by atoms with Crippen LogP contribution >= 0.6 is 0 Å². The van der Waals surface area contributed by atoms with E-state index in [1.807, 2.05) is 18.2 Å². The molecule has 0 heterocycles. The van der Waals surface area contributed by atoms with Crippen LogP contribution in [0.25, 0.3) is 0 Å². The molecule has 4 N–H and O–H groups in total. The van der Waals surface area contributed by atoms with E-state index in [-0.39, 0.29) is 0 Å². The molecule has 0 bridgehead atoms. The maximum Gasteiger partial charge on any atom is 0.324 e. The Balaban J connectivity index is 2.24. The molecule has 0 aliphatic heterocycles. The maximum absolute atomic E-state index is 11.5. The maximum atomic E-state index is 11.5. The van der Waals surface area contributed by atoms with Crippen molar-refractivity contribution in [1.29, 1.82) is 0 Å². The number of fused-ring (bicyclic) bond motifs is 1. The Morgan fingerprint density at radius 2 is 2.12 bits per heavy atom. The second-order valence-electron chi connectivity index (χ2n) is 4.55. The lowest BCUT2D eigenvalue weighted by Crippen LogP contribution is -2.56. The molecule has 0 saturated heterocycles. The SMILES string of the molecule is NCCNC1(C(=O)O)CCc2ccccc2C1. The number of carbonyl (C=O) groups is 1. The van der Waals surface area contributed by atoms with E-state index in [0.29, 0.717) is 25.9 Å². The summed E-state index contributed by atoms with van der Waals surface area (Å²) in [6.45, 7) is 0.991. The molecule has 1 aliphatic carbocycles. The van der Waals surface area contributed by atoms with Gasteiger partial charge in [0.1, 0.15) is 5.54 Å². The van der Waals surface area contributed by atoms with Crippen LogP contribution in [0.15, 0.2) is 24.3 Å². The van der Waals surface area contributed by atoms with Crippen LogP contribution < -0.4 is 11.1 Å². The summed E-state index contributed by atoms with van der Waals surface area (Å²) in [5, 5.41) is 12.5. The monoisotopic (exact) mass is 234 g/mol. The largest absolute Gasteiger partial charge is 0.480 e. The highest BCUT2D eigenvalue weighted by Gasteiger charge is 2.40. The summed E-state index contributed by atoms with van der Waals surface area (Å²) in [7, 11) is 0. The summed E-state index contributed by atoms with van der Waals surface area (Å²) >= 11 is 0. The Hall–Kier alpha value is -1.39. The van der Waals surface area contributed by atoms with E-state index >= 15 is 0 Å². The van der Waals surface area contributed by atoms with E-state index in [1.165, 1.54) is 5.56 Å². The molecule has 2 rings (SSSR count). The smallest absolute Gasteiger partial charge is 0.324 e. The van der Waals surface area contributed by atoms with Gasteiger partial charge in [0.2, 0.25) is 0 Å². The van der Waals surface area contributed by atoms with Crippen molar-refractivity contribution in [3.05, 3.63) is 35.4 Å². The Morgan fingerprint density at radius 1 is 1.41 bits per heavy atom. The number of nitrogens with two attached hydrogens (primary N) is 1. The van der Waals surface area contributed by atoms with Crippen LogP contribution in [0.1, 0.15) is 17.5 Å². The fraction of sp³-hybridized carbons (Fsp3) is 0.462. The van der Waals surface area contributed by atoms with E-state index in [9.17, 15) is 9.90 Å². The zero-order valence-electron chi connectivity index (χ0n) is 9.78. The number of carboxylic acid groups (broad SMARTS) is 1. The molecule has 0 fully saturated rings. The van der Waals surface area contributed by atoms with Crippen LogP contribution in [-0.4, -0.2) is 29.7 Å². The van der Waals surface area contributed by atoms with Crippen LogP contribution in [0.5, 0.6) is 0 Å². The third kappa shape index (κ3) is 2.33. The van der Waals surface area contributed by atoms with Gasteiger partial charge in [0.05, 0.1) is 0 Å². The minimum absolute atomic E-state index is 0.455. The Bertz CT molecular complexity index is 420. The molecule has 1 aromatic carbocycles. The number of aliphatic carboxylic acids is 1. The topological polar surface area (TPSA) is 75.3 Å². The highest BCUT2D eigenvalue weighted by Crippen LogP contribution is 2.28. The average Bonchev–Trinajstić information content (AvgIpc) is 2.36. The zero-order chi connectivity index (χ0) is 12.3. The fourth-order valence-electron chi connectivity index (χ4n) is 2.46. The minimum Gasteiger partial charge on any atom is -0.480 e. The highest BCUT2D eigenvalue weighted by atomic mass is 16.4. The van der Waals surface area contributed by atoms with Gasteiger partial charge >= 0.3 is 5.97 Å². The van der Waals surface area contributed by atoms with E-state index in [0.717, 1.165) is 12.0 Å². The number of carboxylic acids is 1. The van der Waals surface area contributed by atoms with Crippen LogP contribution in [0.2, 0.25) is 0 Å². The standard InChI is InChI=1S/C13H18N2O2/c14-7-8-15-13(12(16)17)6-5-10-3-1-2-4-11(10)9-13/h1-4,15H,5-9,14H2,(H,16,17). The second kappa shape index (κ2) is 4.85. The van der Waals surface area contributed by atoms with Gasteiger partial charge in [-0.2, -0.15) is 0 Å². The molecule has 92 valence electrons. The van der Waals surface area contributed by atoms with Gasteiger partial charge in [-0.25, -0.2) is 0 Å². The number of rotatable bonds is 4. The summed E-state index contributed by atoms with van der Waals surface area (Å²) in [6, 6.07) is 8.04. The molecular weight excluding hydrogens is 216 g/mol. The molecule has 4 heteroatoms. The normalized spacial score (nSPS) is 23.1. The fourth-order valence-corrected chi connectivity index (χ4v) is 2.46. The van der Waals surface area contributed by atoms with Crippen molar-refractivity contribution in [3.8, 4) is 0 Å². The van der Waals surface area contributed by atoms with Crippen LogP contribution in [0.4, 0.5) is 0 Å². The molecule has 1 atom stereocenters. The second-order valence-corrected chi connectivity index (χ2v) is 4.55. The summed E-state index contributed by atoms with van der Waals surface area (Å²) in [4.78, 5) is 11.5. The zero-order valence-corrected chi connectivity index (χ0v) is 9.78. The predicted octanol–water partition coefficient (Wildman–Crippen LogP) is 0.547. The van der Waals surface area contributed by atoms with Crippen molar-refractivity contribution in [1.82, 2.24) is 5.32 Å². The van der Waals surface area contributed by atoms with Crippen molar-refractivity contribution in [3.63, 3.8) is 0 Å². The van der Waals surface area contributed by atoms with Gasteiger partial charge in [0.15, 0.2) is 0 Å². The number of aryl methyl sites for hydroxylation is 1. The molecule has 0 spiro atoms. The molecule has 1 aliphatic rings. The van der Waals surface area contributed by atoms with Gasteiger partial charge in [-0.05, 0) is 24.0 Å². The van der Waals surface area contributed by atoms with Crippen molar-refractivity contribution in [2.75, 3.05) is 13.1 Å². The van der Waals surface area contributed by atoms with Crippen LogP contribution in [0.3, 0.4) is 0 Å². The van der Waals surface area contributed by atoms with Gasteiger partial charge in [0.25, 0.3) is 0 Å². The molecule has 0 saturated carbocycles.